The van der Waals surface area contributed by atoms with Gasteiger partial charge in [0, 0.05) is 6.04 Å². The molecule has 1 heterocycles. The summed E-state index contributed by atoms with van der Waals surface area (Å²) >= 11 is 0. The van der Waals surface area contributed by atoms with Crippen LogP contribution in [0.15, 0.2) is 10.8 Å². The maximum absolute atomic E-state index is 11.6. The Morgan fingerprint density at radius 2 is 2.12 bits per heavy atom. The summed E-state index contributed by atoms with van der Waals surface area (Å²) < 4.78 is 4.90. The Balaban J connectivity index is 2.65. The number of hydrogen-bond donors (Lipinski definition) is 2. The van der Waals surface area contributed by atoms with E-state index < -0.39 is 23.8 Å². The number of aryl methyl sites for hydroxylation is 1. The zero-order chi connectivity index (χ0) is 12.3. The van der Waals surface area contributed by atoms with Gasteiger partial charge in [0.05, 0.1) is 11.6 Å². The number of oxazole rings is 1. The number of hydrogen-bond acceptors (Lipinski definition) is 4. The molecule has 0 aliphatic rings. The van der Waals surface area contributed by atoms with Crippen LogP contribution >= 0.6 is 0 Å². The lowest BCUT2D eigenvalue weighted by Crippen LogP contribution is -2.40. The van der Waals surface area contributed by atoms with Crippen LogP contribution in [-0.2, 0) is 4.79 Å². The van der Waals surface area contributed by atoms with Gasteiger partial charge in [-0.2, -0.15) is 0 Å². The van der Waals surface area contributed by atoms with Crippen LogP contribution in [0.2, 0.25) is 0 Å². The number of carbonyl (C=O) groups is 2. The van der Waals surface area contributed by atoms with E-state index in [9.17, 15) is 9.59 Å². The Morgan fingerprint density at radius 3 is 2.56 bits per heavy atom. The highest BCUT2D eigenvalue weighted by molar-refractivity contribution is 5.92. The third-order valence-corrected chi connectivity index (χ3v) is 2.45. The first-order chi connectivity index (χ1) is 7.43. The lowest BCUT2D eigenvalue weighted by Gasteiger charge is -2.16. The second-order valence-corrected chi connectivity index (χ2v) is 3.66. The fraction of sp³-hybridized carbons (Fsp3) is 0.500. The van der Waals surface area contributed by atoms with E-state index in [0.717, 1.165) is 0 Å². The van der Waals surface area contributed by atoms with E-state index in [1.54, 1.807) is 13.8 Å². The molecule has 1 rings (SSSR count). The lowest BCUT2D eigenvalue weighted by molar-refractivity contribution is -0.141. The maximum atomic E-state index is 11.6. The fourth-order valence-corrected chi connectivity index (χ4v) is 1.13. The molecule has 6 heteroatoms. The summed E-state index contributed by atoms with van der Waals surface area (Å²) in [7, 11) is 0. The molecule has 0 spiro atoms. The van der Waals surface area contributed by atoms with Crippen LogP contribution in [0.25, 0.3) is 0 Å². The van der Waals surface area contributed by atoms with E-state index in [2.05, 4.69) is 10.3 Å². The summed E-state index contributed by atoms with van der Waals surface area (Å²) in [6.07, 6.45) is 1.18. The van der Waals surface area contributed by atoms with Gasteiger partial charge in [-0.15, -0.1) is 0 Å². The van der Waals surface area contributed by atoms with Crippen molar-refractivity contribution in [1.29, 1.82) is 0 Å². The molecule has 0 radical (unpaired) electrons. The van der Waals surface area contributed by atoms with Gasteiger partial charge >= 0.3 is 5.97 Å². The summed E-state index contributed by atoms with van der Waals surface area (Å²) in [5.74, 6) is -1.95. The number of carbonyl (C=O) groups excluding carboxylic acids is 1. The van der Waals surface area contributed by atoms with Crippen LogP contribution in [0.3, 0.4) is 0 Å². The minimum atomic E-state index is -0.956. The molecule has 0 aliphatic heterocycles. The molecule has 16 heavy (non-hydrogen) atoms. The molecular formula is C10H14N2O4. The number of nitrogens with zero attached hydrogens (tertiary/aromatic N) is 1. The molecule has 2 atom stereocenters. The molecule has 1 aromatic heterocycles. The van der Waals surface area contributed by atoms with Crippen molar-refractivity contribution in [2.45, 2.75) is 26.8 Å². The molecule has 0 bridgehead atoms. The van der Waals surface area contributed by atoms with Gasteiger partial charge in [0.2, 0.25) is 5.76 Å². The van der Waals surface area contributed by atoms with Crippen LogP contribution in [0.1, 0.15) is 30.1 Å². The van der Waals surface area contributed by atoms with Crippen LogP contribution in [0.5, 0.6) is 0 Å². The molecule has 2 N–H and O–H groups in total. The first-order valence-corrected chi connectivity index (χ1v) is 4.87. The van der Waals surface area contributed by atoms with E-state index in [1.165, 1.54) is 13.3 Å². The second-order valence-electron chi connectivity index (χ2n) is 3.66. The van der Waals surface area contributed by atoms with Crippen LogP contribution in [0, 0.1) is 12.8 Å². The van der Waals surface area contributed by atoms with E-state index in [4.69, 9.17) is 9.52 Å². The Hall–Kier alpha value is -1.85. The van der Waals surface area contributed by atoms with E-state index in [-0.39, 0.29) is 5.76 Å². The van der Waals surface area contributed by atoms with Gasteiger partial charge in [0.25, 0.3) is 5.91 Å². The monoisotopic (exact) mass is 226 g/mol. The second kappa shape index (κ2) is 4.78. The minimum Gasteiger partial charge on any atom is -0.481 e. The van der Waals surface area contributed by atoms with Crippen LogP contribution in [0.4, 0.5) is 0 Å². The van der Waals surface area contributed by atoms with Crippen molar-refractivity contribution in [2.24, 2.45) is 5.92 Å². The third kappa shape index (κ3) is 2.59. The predicted molar refractivity (Wildman–Crippen MR) is 55.0 cm³/mol. The zero-order valence-corrected chi connectivity index (χ0v) is 9.35. The number of nitrogens with one attached hydrogen (secondary N) is 1. The Bertz CT molecular complexity index is 399. The highest BCUT2D eigenvalue weighted by atomic mass is 16.4. The maximum Gasteiger partial charge on any atom is 0.308 e. The molecule has 1 aromatic rings. The van der Waals surface area contributed by atoms with Crippen molar-refractivity contribution in [3.05, 3.63) is 17.8 Å². The van der Waals surface area contributed by atoms with E-state index in [0.29, 0.717) is 5.69 Å². The summed E-state index contributed by atoms with van der Waals surface area (Å²) in [5.41, 5.74) is 0.479. The van der Waals surface area contributed by atoms with E-state index in [1.807, 2.05) is 0 Å². The molecule has 0 saturated carbocycles. The van der Waals surface area contributed by atoms with Gasteiger partial charge in [-0.25, -0.2) is 4.98 Å². The highest BCUT2D eigenvalue weighted by Gasteiger charge is 2.23. The van der Waals surface area contributed by atoms with Crippen LogP contribution in [-0.4, -0.2) is 28.0 Å². The fourth-order valence-electron chi connectivity index (χ4n) is 1.13. The average molecular weight is 226 g/mol. The van der Waals surface area contributed by atoms with Gasteiger partial charge in [0.1, 0.15) is 0 Å². The molecule has 0 aromatic carbocycles. The Kier molecular flexibility index (Phi) is 3.65. The van der Waals surface area contributed by atoms with Gasteiger partial charge < -0.3 is 14.8 Å². The molecule has 0 fully saturated rings. The number of amides is 1. The number of aliphatic carboxylic acids is 1. The van der Waals surface area contributed by atoms with Crippen molar-refractivity contribution < 1.29 is 19.1 Å². The Labute approximate surface area is 92.7 Å². The molecule has 2 unspecified atom stereocenters. The molecule has 0 aliphatic carbocycles. The molecule has 1 amide bonds. The number of carboxylic acids is 1. The SMILES string of the molecule is Cc1ncoc1C(=O)NC(C)C(C)C(=O)O. The van der Waals surface area contributed by atoms with Crippen molar-refractivity contribution in [2.75, 3.05) is 0 Å². The van der Waals surface area contributed by atoms with Crippen molar-refractivity contribution in [3.8, 4) is 0 Å². The predicted octanol–water partition coefficient (Wildman–Crippen LogP) is 0.822. The first kappa shape index (κ1) is 12.2. The number of carboxylic acid groups (broad SMARTS) is 1. The van der Waals surface area contributed by atoms with Gasteiger partial charge in [-0.05, 0) is 20.8 Å². The van der Waals surface area contributed by atoms with Crippen LogP contribution < -0.4 is 5.32 Å². The third-order valence-electron chi connectivity index (χ3n) is 2.45. The summed E-state index contributed by atoms with van der Waals surface area (Å²) in [5, 5.41) is 11.3. The number of rotatable bonds is 4. The largest absolute Gasteiger partial charge is 0.481 e. The lowest BCUT2D eigenvalue weighted by atomic mass is 10.0. The molecule has 0 saturated heterocycles. The molecular weight excluding hydrogens is 212 g/mol. The topological polar surface area (TPSA) is 92.4 Å². The smallest absolute Gasteiger partial charge is 0.308 e. The molecule has 88 valence electrons. The standard InChI is InChI=1S/C10H14N2O4/c1-5(10(14)15)6(2)12-9(13)8-7(3)11-4-16-8/h4-6H,1-3H3,(H,12,13)(H,14,15). The number of aromatic nitrogens is 1. The van der Waals surface area contributed by atoms with Gasteiger partial charge in [-0.1, -0.05) is 0 Å². The summed E-state index contributed by atoms with van der Waals surface area (Å²) in [6.45, 7) is 4.80. The van der Waals surface area contributed by atoms with Crippen molar-refractivity contribution >= 4 is 11.9 Å². The van der Waals surface area contributed by atoms with Crippen molar-refractivity contribution in [1.82, 2.24) is 10.3 Å². The summed E-state index contributed by atoms with van der Waals surface area (Å²) in [4.78, 5) is 26.1. The van der Waals surface area contributed by atoms with E-state index >= 15 is 0 Å². The average Bonchev–Trinajstić information content (AvgIpc) is 2.62. The van der Waals surface area contributed by atoms with Gasteiger partial charge in [0.15, 0.2) is 6.39 Å². The van der Waals surface area contributed by atoms with Gasteiger partial charge in [-0.3, -0.25) is 9.59 Å². The molecule has 6 nitrogen and oxygen atoms in total. The summed E-state index contributed by atoms with van der Waals surface area (Å²) in [6, 6.07) is -0.477. The minimum absolute atomic E-state index is 0.115. The first-order valence-electron chi connectivity index (χ1n) is 4.87. The Morgan fingerprint density at radius 1 is 1.50 bits per heavy atom. The highest BCUT2D eigenvalue weighted by Crippen LogP contribution is 2.07. The van der Waals surface area contributed by atoms with Crippen molar-refractivity contribution in [3.63, 3.8) is 0 Å². The zero-order valence-electron chi connectivity index (χ0n) is 9.35. The normalized spacial score (nSPS) is 14.2. The quantitative estimate of drug-likeness (QED) is 0.792.